The third kappa shape index (κ3) is 8.28. The van der Waals surface area contributed by atoms with Gasteiger partial charge in [0.2, 0.25) is 29.5 Å². The predicted molar refractivity (Wildman–Crippen MR) is 119 cm³/mol. The number of rotatable bonds is 13. The van der Waals surface area contributed by atoms with Crippen LogP contribution in [0.3, 0.4) is 0 Å². The van der Waals surface area contributed by atoms with Gasteiger partial charge < -0.3 is 36.8 Å². The van der Waals surface area contributed by atoms with Crippen molar-refractivity contribution in [3.8, 4) is 0 Å². The molecule has 0 saturated carbocycles. The van der Waals surface area contributed by atoms with E-state index in [-0.39, 0.29) is 25.3 Å². The molecule has 13 heteroatoms. The van der Waals surface area contributed by atoms with Crippen LogP contribution < -0.4 is 21.7 Å². The van der Waals surface area contributed by atoms with Crippen molar-refractivity contribution in [1.82, 2.24) is 20.9 Å². The molecule has 1 saturated heterocycles. The van der Waals surface area contributed by atoms with E-state index in [1.807, 2.05) is 0 Å². The Morgan fingerprint density at radius 1 is 1.09 bits per heavy atom. The Kier molecular flexibility index (Phi) is 11.4. The summed E-state index contributed by atoms with van der Waals surface area (Å²) in [6.45, 7) is 4.31. The number of nitrogens with zero attached hydrogens (tertiary/aromatic N) is 1. The summed E-state index contributed by atoms with van der Waals surface area (Å²) in [5.74, 6) is -4.88. The number of primary amides is 1. The quantitative estimate of drug-likeness (QED) is 0.169. The number of hydrogen-bond donors (Lipinski definition) is 6. The Hall–Kier alpha value is -3.22. The molecule has 0 spiro atoms. The fourth-order valence-electron chi connectivity index (χ4n) is 3.69. The number of likely N-dealkylation sites (tertiary alicyclic amines) is 1. The minimum absolute atomic E-state index is 0.200. The molecule has 5 atom stereocenters. The molecule has 192 valence electrons. The van der Waals surface area contributed by atoms with E-state index in [0.29, 0.717) is 19.3 Å². The van der Waals surface area contributed by atoms with Crippen molar-refractivity contribution in [3.05, 3.63) is 0 Å². The van der Waals surface area contributed by atoms with Crippen LogP contribution in [0, 0.1) is 5.92 Å². The topological polar surface area (TPSA) is 208 Å². The molecule has 1 aliphatic rings. The number of nitrogens with one attached hydrogen (secondary N) is 3. The first-order chi connectivity index (χ1) is 15.9. The average Bonchev–Trinajstić information content (AvgIpc) is 3.26. The highest BCUT2D eigenvalue weighted by Gasteiger charge is 2.39. The van der Waals surface area contributed by atoms with Crippen molar-refractivity contribution in [1.29, 1.82) is 0 Å². The van der Waals surface area contributed by atoms with Crippen LogP contribution in [0.25, 0.3) is 0 Å². The zero-order valence-corrected chi connectivity index (χ0v) is 19.7. The summed E-state index contributed by atoms with van der Waals surface area (Å²) in [7, 11) is 0. The molecule has 0 bridgehead atoms. The van der Waals surface area contributed by atoms with Crippen LogP contribution in [-0.4, -0.2) is 87.9 Å². The highest BCUT2D eigenvalue weighted by Crippen LogP contribution is 2.20. The lowest BCUT2D eigenvalue weighted by Crippen LogP contribution is -2.59. The Balaban J connectivity index is 2.98. The maximum absolute atomic E-state index is 13.1. The lowest BCUT2D eigenvalue weighted by Gasteiger charge is -2.30. The molecule has 0 radical (unpaired) electrons. The maximum Gasteiger partial charge on any atom is 0.326 e. The number of aliphatic hydroxyl groups is 1. The second kappa shape index (κ2) is 13.5. The third-order valence-corrected chi connectivity index (χ3v) is 5.78. The molecular weight excluding hydrogens is 450 g/mol. The van der Waals surface area contributed by atoms with Gasteiger partial charge in [-0.2, -0.15) is 0 Å². The molecule has 1 heterocycles. The number of hydrogen-bond acceptors (Lipinski definition) is 7. The molecule has 0 aromatic heterocycles. The molecule has 7 N–H and O–H groups in total. The van der Waals surface area contributed by atoms with Crippen molar-refractivity contribution >= 4 is 35.5 Å². The lowest BCUT2D eigenvalue weighted by molar-refractivity contribution is -0.144. The van der Waals surface area contributed by atoms with Crippen molar-refractivity contribution in [2.45, 2.75) is 77.0 Å². The number of amides is 5. The van der Waals surface area contributed by atoms with Crippen molar-refractivity contribution < 1.29 is 39.0 Å². The molecular formula is C21H35N5O8. The molecule has 0 aromatic carbocycles. The second-order valence-corrected chi connectivity index (χ2v) is 8.40. The highest BCUT2D eigenvalue weighted by molar-refractivity contribution is 5.95. The zero-order chi connectivity index (χ0) is 26.0. The number of carboxylic acids is 1. The predicted octanol–water partition coefficient (Wildman–Crippen LogP) is -2.16. The summed E-state index contributed by atoms with van der Waals surface area (Å²) in [6.07, 6.45) is 0.878. The van der Waals surface area contributed by atoms with Crippen LogP contribution in [0.4, 0.5) is 0 Å². The number of aliphatic carboxylic acids is 1. The van der Waals surface area contributed by atoms with Gasteiger partial charge in [0.1, 0.15) is 24.2 Å². The molecule has 13 nitrogen and oxygen atoms in total. The Morgan fingerprint density at radius 3 is 2.24 bits per heavy atom. The van der Waals surface area contributed by atoms with Gasteiger partial charge in [-0.3, -0.25) is 24.0 Å². The number of carbonyl (C=O) groups is 6. The van der Waals surface area contributed by atoms with Crippen LogP contribution in [0.15, 0.2) is 0 Å². The first kappa shape index (κ1) is 28.8. The highest BCUT2D eigenvalue weighted by atomic mass is 16.4. The zero-order valence-electron chi connectivity index (χ0n) is 19.7. The van der Waals surface area contributed by atoms with E-state index in [4.69, 9.17) is 5.73 Å². The largest absolute Gasteiger partial charge is 0.480 e. The van der Waals surface area contributed by atoms with Crippen LogP contribution in [0.2, 0.25) is 0 Å². The van der Waals surface area contributed by atoms with Crippen LogP contribution in [-0.2, 0) is 28.8 Å². The standard InChI is InChI=1S/C21H35N5O8/c1-4-11(2)17(19(31)24-13(21(33)34)7-8-16(22)29)25-18(30)15-6-5-9-26(15)20(32)14(10-27)23-12(3)28/h11,13-15,17,27H,4-10H2,1-3H3,(H2,22,29)(H,23,28)(H,24,31)(H,25,30)(H,33,34)/t11-,13-,14-,15-,17-/m0/s1. The van der Waals surface area contributed by atoms with Gasteiger partial charge >= 0.3 is 5.97 Å². The summed E-state index contributed by atoms with van der Waals surface area (Å²) in [5, 5.41) is 26.1. The first-order valence-electron chi connectivity index (χ1n) is 11.2. The fraction of sp³-hybridized carbons (Fsp3) is 0.714. The van der Waals surface area contributed by atoms with E-state index in [2.05, 4.69) is 16.0 Å². The van der Waals surface area contributed by atoms with Crippen LogP contribution in [0.5, 0.6) is 0 Å². The summed E-state index contributed by atoms with van der Waals surface area (Å²) < 4.78 is 0. The lowest BCUT2D eigenvalue weighted by atomic mass is 9.97. The van der Waals surface area contributed by atoms with E-state index in [1.54, 1.807) is 13.8 Å². The number of aliphatic hydroxyl groups excluding tert-OH is 1. The van der Waals surface area contributed by atoms with Gasteiger partial charge in [-0.25, -0.2) is 4.79 Å². The molecule has 0 aliphatic carbocycles. The SMILES string of the molecule is CC[C@H](C)[C@H](NC(=O)[C@@H]1CCCN1C(=O)[C@H](CO)NC(C)=O)C(=O)N[C@@H](CCC(N)=O)C(=O)O. The Morgan fingerprint density at radius 2 is 1.74 bits per heavy atom. The van der Waals surface area contributed by atoms with Crippen LogP contribution >= 0.6 is 0 Å². The minimum atomic E-state index is -1.36. The maximum atomic E-state index is 13.1. The Bertz CT molecular complexity index is 789. The second-order valence-electron chi connectivity index (χ2n) is 8.40. The van der Waals surface area contributed by atoms with Gasteiger partial charge in [-0.05, 0) is 25.2 Å². The molecule has 1 rings (SSSR count). The van der Waals surface area contributed by atoms with Gasteiger partial charge in [0.25, 0.3) is 0 Å². The van der Waals surface area contributed by atoms with Crippen molar-refractivity contribution in [2.75, 3.05) is 13.2 Å². The van der Waals surface area contributed by atoms with E-state index in [1.165, 1.54) is 11.8 Å². The summed E-state index contributed by atoms with van der Waals surface area (Å²) in [4.78, 5) is 73.7. The average molecular weight is 486 g/mol. The molecule has 34 heavy (non-hydrogen) atoms. The molecule has 1 fully saturated rings. The van der Waals surface area contributed by atoms with Gasteiger partial charge in [0.05, 0.1) is 6.61 Å². The monoisotopic (exact) mass is 485 g/mol. The van der Waals surface area contributed by atoms with Gasteiger partial charge in [-0.15, -0.1) is 0 Å². The normalized spacial score (nSPS) is 18.8. The van der Waals surface area contributed by atoms with Crippen molar-refractivity contribution in [3.63, 3.8) is 0 Å². The van der Waals surface area contributed by atoms with Gasteiger partial charge in [-0.1, -0.05) is 20.3 Å². The van der Waals surface area contributed by atoms with Gasteiger partial charge in [0.15, 0.2) is 0 Å². The van der Waals surface area contributed by atoms with Crippen LogP contribution in [0.1, 0.15) is 52.9 Å². The van der Waals surface area contributed by atoms with E-state index in [0.717, 1.165) is 0 Å². The third-order valence-electron chi connectivity index (χ3n) is 5.78. The summed E-state index contributed by atoms with van der Waals surface area (Å²) in [5.41, 5.74) is 5.06. The first-order valence-corrected chi connectivity index (χ1v) is 11.2. The van der Waals surface area contributed by atoms with E-state index < -0.39 is 66.3 Å². The van der Waals surface area contributed by atoms with Crippen molar-refractivity contribution in [2.24, 2.45) is 11.7 Å². The summed E-state index contributed by atoms with van der Waals surface area (Å²) in [6, 6.07) is -4.56. The fourth-order valence-corrected chi connectivity index (χ4v) is 3.69. The molecule has 5 amide bonds. The minimum Gasteiger partial charge on any atom is -0.480 e. The molecule has 1 aliphatic heterocycles. The van der Waals surface area contributed by atoms with E-state index >= 15 is 0 Å². The number of carbonyl (C=O) groups excluding carboxylic acids is 5. The van der Waals surface area contributed by atoms with Gasteiger partial charge in [0, 0.05) is 19.9 Å². The number of nitrogens with two attached hydrogens (primary N) is 1. The Labute approximate surface area is 197 Å². The molecule has 0 aromatic rings. The number of carboxylic acid groups (broad SMARTS) is 1. The van der Waals surface area contributed by atoms with E-state index in [9.17, 15) is 39.0 Å². The smallest absolute Gasteiger partial charge is 0.326 e. The molecule has 0 unspecified atom stereocenters. The summed E-state index contributed by atoms with van der Waals surface area (Å²) >= 11 is 0.